The smallest absolute Gasteiger partial charge is 0.276 e. The summed E-state index contributed by atoms with van der Waals surface area (Å²) in [7, 11) is 0. The lowest BCUT2D eigenvalue weighted by Gasteiger charge is -2.21. The molecule has 0 bridgehead atoms. The molecule has 0 saturated heterocycles. The van der Waals surface area contributed by atoms with Crippen LogP contribution in [0.4, 0.5) is 0 Å². The first-order valence-electron chi connectivity index (χ1n) is 7.12. The van der Waals surface area contributed by atoms with E-state index in [1.807, 2.05) is 26.0 Å². The molecule has 0 aromatic carbocycles. The largest absolute Gasteiger partial charge is 0.447 e. The van der Waals surface area contributed by atoms with E-state index in [-0.39, 0.29) is 18.2 Å². The predicted molar refractivity (Wildman–Crippen MR) is 79.8 cm³/mol. The number of carbonyl (C=O) groups is 1. The van der Waals surface area contributed by atoms with Crippen LogP contribution in [0.3, 0.4) is 0 Å². The third-order valence-corrected chi connectivity index (χ3v) is 3.20. The van der Waals surface area contributed by atoms with Gasteiger partial charge in [0.2, 0.25) is 0 Å². The van der Waals surface area contributed by atoms with Gasteiger partial charge in [0, 0.05) is 31.4 Å². The van der Waals surface area contributed by atoms with Crippen LogP contribution in [-0.2, 0) is 6.54 Å². The molecule has 0 N–H and O–H groups in total. The average Bonchev–Trinajstić information content (AvgIpc) is 3.01. The van der Waals surface area contributed by atoms with Crippen molar-refractivity contribution < 1.29 is 9.21 Å². The highest BCUT2D eigenvalue weighted by molar-refractivity contribution is 5.93. The molecular weight excluding hydrogens is 280 g/mol. The summed E-state index contributed by atoms with van der Waals surface area (Å²) in [6.07, 6.45) is 4.94. The van der Waals surface area contributed by atoms with Gasteiger partial charge in [-0.2, -0.15) is 5.26 Å². The SMILES string of the molecule is CC(C)c1ocnc1C(=O)N(CCC#N)Cc1cccnc1. The molecule has 0 atom stereocenters. The van der Waals surface area contributed by atoms with E-state index in [1.54, 1.807) is 17.3 Å². The number of oxazole rings is 1. The molecule has 6 heteroatoms. The van der Waals surface area contributed by atoms with Crippen molar-refractivity contribution >= 4 is 5.91 Å². The zero-order valence-corrected chi connectivity index (χ0v) is 12.7. The highest BCUT2D eigenvalue weighted by Crippen LogP contribution is 2.20. The maximum absolute atomic E-state index is 12.7. The monoisotopic (exact) mass is 298 g/mol. The summed E-state index contributed by atoms with van der Waals surface area (Å²) in [6.45, 7) is 4.61. The van der Waals surface area contributed by atoms with E-state index in [1.165, 1.54) is 6.39 Å². The van der Waals surface area contributed by atoms with Gasteiger partial charge in [-0.05, 0) is 11.6 Å². The third kappa shape index (κ3) is 3.70. The Kier molecular flexibility index (Phi) is 5.26. The normalized spacial score (nSPS) is 10.5. The lowest BCUT2D eigenvalue weighted by atomic mass is 10.1. The number of nitriles is 1. The lowest BCUT2D eigenvalue weighted by Crippen LogP contribution is -2.32. The third-order valence-electron chi connectivity index (χ3n) is 3.20. The standard InChI is InChI=1S/C16H18N4O2/c1-12(2)15-14(19-11-22-15)16(21)20(8-4-6-17)10-13-5-3-7-18-9-13/h3,5,7,9,11-12H,4,8,10H2,1-2H3. The molecule has 0 radical (unpaired) electrons. The van der Waals surface area contributed by atoms with Gasteiger partial charge in [0.15, 0.2) is 12.1 Å². The highest BCUT2D eigenvalue weighted by Gasteiger charge is 2.24. The second kappa shape index (κ2) is 7.36. The minimum Gasteiger partial charge on any atom is -0.447 e. The van der Waals surface area contributed by atoms with Gasteiger partial charge in [-0.25, -0.2) is 4.98 Å². The van der Waals surface area contributed by atoms with Crippen LogP contribution < -0.4 is 0 Å². The first kappa shape index (κ1) is 15.7. The minimum absolute atomic E-state index is 0.0673. The number of rotatable bonds is 6. The molecule has 0 aliphatic carbocycles. The number of nitrogens with zero attached hydrogens (tertiary/aromatic N) is 4. The van der Waals surface area contributed by atoms with Gasteiger partial charge < -0.3 is 9.32 Å². The van der Waals surface area contributed by atoms with Gasteiger partial charge in [0.05, 0.1) is 12.5 Å². The molecule has 22 heavy (non-hydrogen) atoms. The van der Waals surface area contributed by atoms with Gasteiger partial charge in [0.1, 0.15) is 5.76 Å². The Hall–Kier alpha value is -2.68. The van der Waals surface area contributed by atoms with Crippen molar-refractivity contribution in [2.75, 3.05) is 6.54 Å². The Morgan fingerprint density at radius 1 is 1.50 bits per heavy atom. The van der Waals surface area contributed by atoms with Crippen molar-refractivity contribution in [1.29, 1.82) is 5.26 Å². The first-order chi connectivity index (χ1) is 10.6. The fourth-order valence-corrected chi connectivity index (χ4v) is 2.12. The van der Waals surface area contributed by atoms with E-state index in [9.17, 15) is 4.79 Å². The van der Waals surface area contributed by atoms with Crippen LogP contribution in [0.25, 0.3) is 0 Å². The summed E-state index contributed by atoms with van der Waals surface area (Å²) >= 11 is 0. The molecule has 2 heterocycles. The fraction of sp³-hybridized carbons (Fsp3) is 0.375. The summed E-state index contributed by atoms with van der Waals surface area (Å²) in [5.74, 6) is 0.410. The van der Waals surface area contributed by atoms with Crippen molar-refractivity contribution in [3.63, 3.8) is 0 Å². The predicted octanol–water partition coefficient (Wildman–Crippen LogP) is 2.75. The molecule has 0 saturated carbocycles. The van der Waals surface area contributed by atoms with E-state index >= 15 is 0 Å². The zero-order chi connectivity index (χ0) is 15.9. The molecule has 0 aliphatic rings. The van der Waals surface area contributed by atoms with Crippen LogP contribution >= 0.6 is 0 Å². The van der Waals surface area contributed by atoms with Gasteiger partial charge >= 0.3 is 0 Å². The Labute approximate surface area is 129 Å². The second-order valence-corrected chi connectivity index (χ2v) is 5.22. The van der Waals surface area contributed by atoms with Crippen LogP contribution in [0, 0.1) is 11.3 Å². The molecule has 2 aromatic rings. The molecule has 1 amide bonds. The van der Waals surface area contributed by atoms with Crippen LogP contribution in [0.5, 0.6) is 0 Å². The van der Waals surface area contributed by atoms with Gasteiger partial charge in [-0.1, -0.05) is 19.9 Å². The van der Waals surface area contributed by atoms with Gasteiger partial charge in [-0.3, -0.25) is 9.78 Å². The zero-order valence-electron chi connectivity index (χ0n) is 12.7. The maximum atomic E-state index is 12.7. The quantitative estimate of drug-likeness (QED) is 0.818. The number of hydrogen-bond acceptors (Lipinski definition) is 5. The van der Waals surface area contributed by atoms with E-state index in [0.717, 1.165) is 5.56 Å². The number of pyridine rings is 1. The Morgan fingerprint density at radius 3 is 2.95 bits per heavy atom. The summed E-state index contributed by atoms with van der Waals surface area (Å²) in [4.78, 5) is 22.4. The lowest BCUT2D eigenvalue weighted by molar-refractivity contribution is 0.0738. The first-order valence-corrected chi connectivity index (χ1v) is 7.12. The number of hydrogen-bond donors (Lipinski definition) is 0. The van der Waals surface area contributed by atoms with Crippen LogP contribution in [0.15, 0.2) is 35.3 Å². The molecular formula is C16H18N4O2. The fourth-order valence-electron chi connectivity index (χ4n) is 2.12. The molecule has 2 rings (SSSR count). The molecule has 0 unspecified atom stereocenters. The Balaban J connectivity index is 2.22. The van der Waals surface area contributed by atoms with Crippen molar-refractivity contribution in [3.05, 3.63) is 47.9 Å². The van der Waals surface area contributed by atoms with Crippen molar-refractivity contribution in [1.82, 2.24) is 14.9 Å². The summed E-state index contributed by atoms with van der Waals surface area (Å²) in [6, 6.07) is 5.78. The van der Waals surface area contributed by atoms with E-state index in [4.69, 9.17) is 9.68 Å². The summed E-state index contributed by atoms with van der Waals surface area (Å²) in [5, 5.41) is 8.80. The van der Waals surface area contributed by atoms with Gasteiger partial charge in [0.25, 0.3) is 5.91 Å². The van der Waals surface area contributed by atoms with Crippen molar-refractivity contribution in [2.24, 2.45) is 0 Å². The number of aromatic nitrogens is 2. The average molecular weight is 298 g/mol. The van der Waals surface area contributed by atoms with E-state index < -0.39 is 0 Å². The Morgan fingerprint density at radius 2 is 2.32 bits per heavy atom. The molecule has 0 spiro atoms. The van der Waals surface area contributed by atoms with Crippen molar-refractivity contribution in [3.8, 4) is 6.07 Å². The van der Waals surface area contributed by atoms with E-state index in [2.05, 4.69) is 16.0 Å². The Bertz CT molecular complexity index is 658. The van der Waals surface area contributed by atoms with Crippen molar-refractivity contribution in [2.45, 2.75) is 32.7 Å². The molecule has 6 nitrogen and oxygen atoms in total. The van der Waals surface area contributed by atoms with Crippen LogP contribution in [0.1, 0.15) is 48.0 Å². The second-order valence-electron chi connectivity index (χ2n) is 5.22. The minimum atomic E-state index is -0.225. The molecule has 114 valence electrons. The van der Waals surface area contributed by atoms with Gasteiger partial charge in [-0.15, -0.1) is 0 Å². The summed E-state index contributed by atoms with van der Waals surface area (Å²) < 4.78 is 5.32. The number of amides is 1. The number of carbonyl (C=O) groups excluding carboxylic acids is 1. The molecule has 0 fully saturated rings. The molecule has 2 aromatic heterocycles. The maximum Gasteiger partial charge on any atom is 0.276 e. The van der Waals surface area contributed by atoms with Crippen LogP contribution in [0.2, 0.25) is 0 Å². The summed E-state index contributed by atoms with van der Waals surface area (Å²) in [5.41, 5.74) is 1.22. The van der Waals surface area contributed by atoms with E-state index in [0.29, 0.717) is 24.5 Å². The highest BCUT2D eigenvalue weighted by atomic mass is 16.3. The van der Waals surface area contributed by atoms with Crippen LogP contribution in [-0.4, -0.2) is 27.3 Å². The topological polar surface area (TPSA) is 83.0 Å². The molecule has 0 aliphatic heterocycles.